The fourth-order valence-electron chi connectivity index (χ4n) is 1.71. The van der Waals surface area contributed by atoms with E-state index in [9.17, 15) is 0 Å². The van der Waals surface area contributed by atoms with Gasteiger partial charge in [-0.05, 0) is 25.3 Å². The molecule has 1 saturated carbocycles. The van der Waals surface area contributed by atoms with Crippen LogP contribution in [0.3, 0.4) is 0 Å². The van der Waals surface area contributed by atoms with E-state index in [-0.39, 0.29) is 0 Å². The van der Waals surface area contributed by atoms with Crippen molar-refractivity contribution in [3.05, 3.63) is 6.04 Å². The zero-order valence-electron chi connectivity index (χ0n) is 9.88. The van der Waals surface area contributed by atoms with Gasteiger partial charge < -0.3 is 8.85 Å². The van der Waals surface area contributed by atoms with Crippen LogP contribution >= 0.6 is 0 Å². The average Bonchev–Trinajstić information content (AvgIpc) is 2.88. The summed E-state index contributed by atoms with van der Waals surface area (Å²) in [6.45, 7) is 10.1. The van der Waals surface area contributed by atoms with Crippen molar-refractivity contribution in [2.24, 2.45) is 5.92 Å². The van der Waals surface area contributed by atoms with Crippen LogP contribution in [0.4, 0.5) is 0 Å². The third-order valence-electron chi connectivity index (χ3n) is 2.63. The first-order chi connectivity index (χ1) is 6.64. The normalized spacial score (nSPS) is 17.8. The molecule has 0 bridgehead atoms. The van der Waals surface area contributed by atoms with Crippen LogP contribution in [-0.2, 0) is 8.85 Å². The molecule has 1 fully saturated rings. The van der Waals surface area contributed by atoms with Gasteiger partial charge in [-0.2, -0.15) is 0 Å². The van der Waals surface area contributed by atoms with Crippen molar-refractivity contribution >= 4 is 8.56 Å². The molecule has 83 valence electrons. The quantitative estimate of drug-likeness (QED) is 0.608. The van der Waals surface area contributed by atoms with Crippen LogP contribution < -0.4 is 0 Å². The van der Waals surface area contributed by atoms with Crippen LogP contribution in [0.1, 0.15) is 40.5 Å². The second kappa shape index (κ2) is 5.28. The topological polar surface area (TPSA) is 18.5 Å². The molecule has 0 N–H and O–H groups in total. The second-order valence-corrected chi connectivity index (χ2v) is 7.75. The third kappa shape index (κ3) is 3.07. The molecule has 0 unspecified atom stereocenters. The van der Waals surface area contributed by atoms with Gasteiger partial charge in [0.2, 0.25) is 0 Å². The van der Waals surface area contributed by atoms with Crippen molar-refractivity contribution in [2.75, 3.05) is 13.2 Å². The first kappa shape index (κ1) is 12.2. The summed E-state index contributed by atoms with van der Waals surface area (Å²) in [4.78, 5) is 0. The van der Waals surface area contributed by atoms with Crippen LogP contribution in [0.2, 0.25) is 5.54 Å². The van der Waals surface area contributed by atoms with Crippen molar-refractivity contribution < 1.29 is 8.85 Å². The van der Waals surface area contributed by atoms with Crippen molar-refractivity contribution in [2.45, 2.75) is 46.1 Å². The van der Waals surface area contributed by atoms with E-state index in [1.165, 1.54) is 12.8 Å². The van der Waals surface area contributed by atoms with Gasteiger partial charge in [0.05, 0.1) is 0 Å². The van der Waals surface area contributed by atoms with Gasteiger partial charge in [0.1, 0.15) is 0 Å². The Bertz CT molecular complexity index is 161. The molecule has 0 amide bonds. The lowest BCUT2D eigenvalue weighted by Gasteiger charge is -2.33. The van der Waals surface area contributed by atoms with E-state index < -0.39 is 8.56 Å². The fourth-order valence-corrected chi connectivity index (χ4v) is 4.93. The van der Waals surface area contributed by atoms with E-state index in [2.05, 4.69) is 33.7 Å². The summed E-state index contributed by atoms with van der Waals surface area (Å²) in [5, 5.41) is 0. The zero-order chi connectivity index (χ0) is 10.6. The van der Waals surface area contributed by atoms with E-state index in [1.807, 2.05) is 0 Å². The molecule has 0 saturated heterocycles. The minimum Gasteiger partial charge on any atom is -0.394 e. The number of rotatable bonds is 7. The second-order valence-electron chi connectivity index (χ2n) is 4.25. The monoisotopic (exact) mass is 215 g/mol. The average molecular weight is 215 g/mol. The van der Waals surface area contributed by atoms with Crippen molar-refractivity contribution in [3.8, 4) is 0 Å². The van der Waals surface area contributed by atoms with E-state index in [1.54, 1.807) is 0 Å². The summed E-state index contributed by atoms with van der Waals surface area (Å²) in [5.41, 5.74) is 0.517. The van der Waals surface area contributed by atoms with Gasteiger partial charge in [0.25, 0.3) is 0 Å². The summed E-state index contributed by atoms with van der Waals surface area (Å²) in [5.74, 6) is 0.780. The van der Waals surface area contributed by atoms with Gasteiger partial charge in [0.15, 0.2) is 0 Å². The Morgan fingerprint density at radius 2 is 1.71 bits per heavy atom. The van der Waals surface area contributed by atoms with Crippen LogP contribution in [0, 0.1) is 12.0 Å². The van der Waals surface area contributed by atoms with Gasteiger partial charge in [-0.15, -0.1) is 0 Å². The molecule has 14 heavy (non-hydrogen) atoms. The maximum Gasteiger partial charge on any atom is 0.344 e. The SMILES string of the molecule is CCO[Si]([CH]C1CC1)(OCC)C(C)C. The molecule has 0 heterocycles. The number of hydrogen-bond acceptors (Lipinski definition) is 2. The molecule has 0 aromatic heterocycles. The molecule has 0 aromatic rings. The molecule has 1 aliphatic rings. The van der Waals surface area contributed by atoms with Crippen molar-refractivity contribution in [3.63, 3.8) is 0 Å². The summed E-state index contributed by atoms with van der Waals surface area (Å²) >= 11 is 0. The molecular formula is C11H23O2Si. The van der Waals surface area contributed by atoms with Crippen LogP contribution in [-0.4, -0.2) is 21.8 Å². The minimum atomic E-state index is -2.00. The lowest BCUT2D eigenvalue weighted by Crippen LogP contribution is -2.47. The highest BCUT2D eigenvalue weighted by Gasteiger charge is 2.45. The summed E-state index contributed by atoms with van der Waals surface area (Å²) in [6, 6.07) is 2.41. The molecule has 0 aromatic carbocycles. The molecule has 0 aliphatic heterocycles. The Balaban J connectivity index is 2.59. The summed E-state index contributed by atoms with van der Waals surface area (Å²) in [7, 11) is -2.00. The Morgan fingerprint density at radius 3 is 2.00 bits per heavy atom. The van der Waals surface area contributed by atoms with E-state index in [0.717, 1.165) is 19.1 Å². The highest BCUT2D eigenvalue weighted by atomic mass is 28.4. The summed E-state index contributed by atoms with van der Waals surface area (Å²) in [6.07, 6.45) is 2.67. The molecule has 0 spiro atoms. The first-order valence-corrected chi connectivity index (χ1v) is 7.75. The van der Waals surface area contributed by atoms with Gasteiger partial charge in [-0.1, -0.05) is 26.7 Å². The van der Waals surface area contributed by atoms with Gasteiger partial charge >= 0.3 is 8.56 Å². The van der Waals surface area contributed by atoms with Gasteiger partial charge in [-0.25, -0.2) is 0 Å². The Kier molecular flexibility index (Phi) is 4.61. The Labute approximate surface area is 89.2 Å². The molecular weight excluding hydrogens is 192 g/mol. The predicted molar refractivity (Wildman–Crippen MR) is 61.1 cm³/mol. The lowest BCUT2D eigenvalue weighted by atomic mass is 10.5. The largest absolute Gasteiger partial charge is 0.394 e. The summed E-state index contributed by atoms with van der Waals surface area (Å²) < 4.78 is 11.9. The van der Waals surface area contributed by atoms with Gasteiger partial charge in [0, 0.05) is 19.3 Å². The van der Waals surface area contributed by atoms with Crippen LogP contribution in [0.25, 0.3) is 0 Å². The van der Waals surface area contributed by atoms with Crippen molar-refractivity contribution in [1.82, 2.24) is 0 Å². The molecule has 1 aliphatic carbocycles. The number of hydrogen-bond donors (Lipinski definition) is 0. The van der Waals surface area contributed by atoms with E-state index in [0.29, 0.717) is 5.54 Å². The standard InChI is InChI=1S/C11H23O2Si/c1-5-12-14(10(3)4,13-6-2)9-11-7-8-11/h9-11H,5-8H2,1-4H3. The Morgan fingerprint density at radius 1 is 1.21 bits per heavy atom. The third-order valence-corrected chi connectivity index (χ3v) is 6.66. The zero-order valence-corrected chi connectivity index (χ0v) is 10.9. The predicted octanol–water partition coefficient (Wildman–Crippen LogP) is 3.07. The smallest absolute Gasteiger partial charge is 0.344 e. The Hall–Kier alpha value is 0.137. The minimum absolute atomic E-state index is 0.517. The highest BCUT2D eigenvalue weighted by molar-refractivity contribution is 6.72. The van der Waals surface area contributed by atoms with E-state index >= 15 is 0 Å². The maximum atomic E-state index is 5.94. The molecule has 1 radical (unpaired) electrons. The molecule has 0 atom stereocenters. The van der Waals surface area contributed by atoms with Crippen LogP contribution in [0.15, 0.2) is 0 Å². The maximum absolute atomic E-state index is 5.94. The first-order valence-electron chi connectivity index (χ1n) is 5.78. The fraction of sp³-hybridized carbons (Fsp3) is 0.909. The van der Waals surface area contributed by atoms with E-state index in [4.69, 9.17) is 8.85 Å². The van der Waals surface area contributed by atoms with Crippen LogP contribution in [0.5, 0.6) is 0 Å². The van der Waals surface area contributed by atoms with Crippen molar-refractivity contribution in [1.29, 1.82) is 0 Å². The van der Waals surface area contributed by atoms with Gasteiger partial charge in [-0.3, -0.25) is 0 Å². The molecule has 3 heteroatoms. The molecule has 2 nitrogen and oxygen atoms in total. The molecule has 1 rings (SSSR count). The lowest BCUT2D eigenvalue weighted by molar-refractivity contribution is 0.181. The highest BCUT2D eigenvalue weighted by Crippen LogP contribution is 2.39.